The minimum absolute atomic E-state index is 0.276. The van der Waals surface area contributed by atoms with Crippen molar-refractivity contribution in [3.05, 3.63) is 35.9 Å². The van der Waals surface area contributed by atoms with Crippen molar-refractivity contribution in [3.63, 3.8) is 0 Å². The molecule has 0 aromatic heterocycles. The number of rotatable bonds is 5. The van der Waals surface area contributed by atoms with Gasteiger partial charge in [-0.1, -0.05) is 43.7 Å². The van der Waals surface area contributed by atoms with Crippen LogP contribution >= 0.6 is 0 Å². The fourth-order valence-corrected chi connectivity index (χ4v) is 3.62. The fourth-order valence-electron chi connectivity index (χ4n) is 3.62. The molecule has 1 aliphatic carbocycles. The third kappa shape index (κ3) is 3.44. The first-order chi connectivity index (χ1) is 10.1. The fraction of sp³-hybridized carbons (Fsp3) is 0.556. The molecule has 1 aromatic rings. The zero-order valence-electron chi connectivity index (χ0n) is 12.8. The number of benzene rings is 1. The van der Waals surface area contributed by atoms with Gasteiger partial charge in [-0.2, -0.15) is 5.26 Å². The van der Waals surface area contributed by atoms with E-state index in [4.69, 9.17) is 4.74 Å². The molecule has 112 valence electrons. The van der Waals surface area contributed by atoms with Crippen molar-refractivity contribution in [2.45, 2.75) is 39.5 Å². The molecule has 3 atom stereocenters. The zero-order chi connectivity index (χ0) is 15.3. The Balaban J connectivity index is 2.29. The Morgan fingerprint density at radius 1 is 1.48 bits per heavy atom. The number of esters is 1. The molecule has 0 aliphatic heterocycles. The third-order valence-electron chi connectivity index (χ3n) is 4.55. The topological polar surface area (TPSA) is 50.1 Å². The number of ether oxygens (including phenoxy) is 1. The van der Waals surface area contributed by atoms with E-state index in [1.54, 1.807) is 6.92 Å². The van der Waals surface area contributed by atoms with Crippen molar-refractivity contribution >= 4 is 5.97 Å². The zero-order valence-corrected chi connectivity index (χ0v) is 12.8. The number of nitrogens with zero attached hydrogens (tertiary/aromatic N) is 1. The van der Waals surface area contributed by atoms with E-state index >= 15 is 0 Å². The maximum absolute atomic E-state index is 12.2. The van der Waals surface area contributed by atoms with Crippen LogP contribution in [0.25, 0.3) is 0 Å². The van der Waals surface area contributed by atoms with Crippen LogP contribution in [0.1, 0.15) is 38.7 Å². The van der Waals surface area contributed by atoms with E-state index in [2.05, 4.69) is 25.1 Å². The third-order valence-corrected chi connectivity index (χ3v) is 4.55. The highest BCUT2D eigenvalue weighted by atomic mass is 16.5. The standard InChI is InChI=1S/C18H23NO2/c1-3-21-17(20)16(13-19)18(10-9-14(2)11-18)12-15-7-5-4-6-8-15/h4-8,14,16H,3,9-12H2,1-2H3/t14-,16+,18+/m1/s1. The molecule has 1 saturated carbocycles. The molecule has 0 N–H and O–H groups in total. The lowest BCUT2D eigenvalue weighted by Gasteiger charge is -2.32. The lowest BCUT2D eigenvalue weighted by molar-refractivity contribution is -0.150. The maximum atomic E-state index is 12.2. The van der Waals surface area contributed by atoms with Crippen LogP contribution in [0.4, 0.5) is 0 Å². The lowest BCUT2D eigenvalue weighted by Crippen LogP contribution is -2.36. The van der Waals surface area contributed by atoms with Gasteiger partial charge in [-0.3, -0.25) is 4.79 Å². The van der Waals surface area contributed by atoms with Gasteiger partial charge >= 0.3 is 5.97 Å². The van der Waals surface area contributed by atoms with Crippen LogP contribution in [0, 0.1) is 28.6 Å². The number of carbonyl (C=O) groups excluding carboxylic acids is 1. The molecule has 0 bridgehead atoms. The largest absolute Gasteiger partial charge is 0.465 e. The van der Waals surface area contributed by atoms with Gasteiger partial charge in [-0.25, -0.2) is 0 Å². The molecule has 3 nitrogen and oxygen atoms in total. The summed E-state index contributed by atoms with van der Waals surface area (Å²) in [6.07, 6.45) is 3.68. The average Bonchev–Trinajstić information content (AvgIpc) is 2.83. The smallest absolute Gasteiger partial charge is 0.323 e. The Labute approximate surface area is 126 Å². The van der Waals surface area contributed by atoms with E-state index in [1.807, 2.05) is 18.2 Å². The maximum Gasteiger partial charge on any atom is 0.323 e. The average molecular weight is 285 g/mol. The summed E-state index contributed by atoms with van der Waals surface area (Å²) in [7, 11) is 0. The molecular weight excluding hydrogens is 262 g/mol. The van der Waals surface area contributed by atoms with Crippen LogP contribution in [0.2, 0.25) is 0 Å². The molecule has 21 heavy (non-hydrogen) atoms. The first kappa shape index (κ1) is 15.6. The minimum Gasteiger partial charge on any atom is -0.465 e. The number of carbonyl (C=O) groups is 1. The Morgan fingerprint density at radius 2 is 2.19 bits per heavy atom. The van der Waals surface area contributed by atoms with Gasteiger partial charge in [-0.15, -0.1) is 0 Å². The second-order valence-electron chi connectivity index (χ2n) is 6.19. The second-order valence-corrected chi connectivity index (χ2v) is 6.19. The van der Waals surface area contributed by atoms with E-state index in [0.717, 1.165) is 25.7 Å². The highest BCUT2D eigenvalue weighted by Crippen LogP contribution is 2.49. The Kier molecular flexibility index (Phi) is 5.01. The highest BCUT2D eigenvalue weighted by Gasteiger charge is 2.48. The molecule has 0 heterocycles. The Morgan fingerprint density at radius 3 is 2.71 bits per heavy atom. The predicted octanol–water partition coefficient (Wildman–Crippen LogP) is 3.74. The van der Waals surface area contributed by atoms with Crippen molar-refractivity contribution in [1.29, 1.82) is 5.26 Å². The molecule has 2 rings (SSSR count). The van der Waals surface area contributed by atoms with Gasteiger partial charge in [0, 0.05) is 5.41 Å². The Hall–Kier alpha value is -1.82. The highest BCUT2D eigenvalue weighted by molar-refractivity contribution is 5.76. The van der Waals surface area contributed by atoms with Crippen LogP contribution in [0.3, 0.4) is 0 Å². The summed E-state index contributed by atoms with van der Waals surface area (Å²) < 4.78 is 5.14. The summed E-state index contributed by atoms with van der Waals surface area (Å²) >= 11 is 0. The monoisotopic (exact) mass is 285 g/mol. The molecule has 3 heteroatoms. The van der Waals surface area contributed by atoms with E-state index < -0.39 is 5.92 Å². The van der Waals surface area contributed by atoms with Gasteiger partial charge in [0.25, 0.3) is 0 Å². The summed E-state index contributed by atoms with van der Waals surface area (Å²) in [5, 5.41) is 9.56. The summed E-state index contributed by atoms with van der Waals surface area (Å²) in [5.41, 5.74) is 0.915. The van der Waals surface area contributed by atoms with Crippen LogP contribution in [0.15, 0.2) is 30.3 Å². The molecule has 0 saturated heterocycles. The predicted molar refractivity (Wildman–Crippen MR) is 81.3 cm³/mol. The van der Waals surface area contributed by atoms with Crippen LogP contribution in [0.5, 0.6) is 0 Å². The molecular formula is C18H23NO2. The molecule has 0 amide bonds. The van der Waals surface area contributed by atoms with Gasteiger partial charge in [0.2, 0.25) is 0 Å². The van der Waals surface area contributed by atoms with Crippen LogP contribution in [-0.4, -0.2) is 12.6 Å². The summed E-state index contributed by atoms with van der Waals surface area (Å²) in [5.74, 6) is -0.466. The summed E-state index contributed by atoms with van der Waals surface area (Å²) in [4.78, 5) is 12.2. The van der Waals surface area contributed by atoms with Gasteiger partial charge in [0.1, 0.15) is 5.92 Å². The van der Waals surface area contributed by atoms with Crippen molar-refractivity contribution in [2.75, 3.05) is 6.61 Å². The number of hydrogen-bond acceptors (Lipinski definition) is 3. The van der Waals surface area contributed by atoms with Crippen molar-refractivity contribution < 1.29 is 9.53 Å². The molecule has 0 spiro atoms. The van der Waals surface area contributed by atoms with E-state index in [1.165, 1.54) is 5.56 Å². The van der Waals surface area contributed by atoms with Gasteiger partial charge in [0.05, 0.1) is 12.7 Å². The van der Waals surface area contributed by atoms with Crippen LogP contribution in [-0.2, 0) is 16.0 Å². The minimum atomic E-state index is -0.664. The van der Waals surface area contributed by atoms with Crippen LogP contribution < -0.4 is 0 Å². The van der Waals surface area contributed by atoms with Gasteiger partial charge < -0.3 is 4.74 Å². The second kappa shape index (κ2) is 6.76. The first-order valence-electron chi connectivity index (χ1n) is 7.71. The van der Waals surface area contributed by atoms with Gasteiger partial charge in [0.15, 0.2) is 0 Å². The number of nitriles is 1. The van der Waals surface area contributed by atoms with Gasteiger partial charge in [-0.05, 0) is 37.7 Å². The van der Waals surface area contributed by atoms with E-state index in [-0.39, 0.29) is 11.4 Å². The SMILES string of the molecule is CCOC(=O)[C@H](C#N)[C@@]1(Cc2ccccc2)CC[C@@H](C)C1. The molecule has 0 radical (unpaired) electrons. The summed E-state index contributed by atoms with van der Waals surface area (Å²) in [6.45, 7) is 4.31. The van der Waals surface area contributed by atoms with Crippen molar-refractivity contribution in [3.8, 4) is 6.07 Å². The molecule has 1 aromatic carbocycles. The summed E-state index contributed by atoms with van der Waals surface area (Å²) in [6, 6.07) is 12.4. The molecule has 0 unspecified atom stereocenters. The first-order valence-corrected chi connectivity index (χ1v) is 7.71. The quantitative estimate of drug-likeness (QED) is 0.774. The lowest BCUT2D eigenvalue weighted by atomic mass is 9.70. The molecule has 1 aliphatic rings. The Bertz CT molecular complexity index is 520. The van der Waals surface area contributed by atoms with E-state index in [0.29, 0.717) is 12.5 Å². The van der Waals surface area contributed by atoms with Crippen molar-refractivity contribution in [1.82, 2.24) is 0 Å². The number of hydrogen-bond donors (Lipinski definition) is 0. The normalized spacial score (nSPS) is 26.0. The van der Waals surface area contributed by atoms with Crippen molar-refractivity contribution in [2.24, 2.45) is 17.3 Å². The van der Waals surface area contributed by atoms with E-state index in [9.17, 15) is 10.1 Å². The molecule has 1 fully saturated rings.